The van der Waals surface area contributed by atoms with E-state index < -0.39 is 0 Å². The summed E-state index contributed by atoms with van der Waals surface area (Å²) in [5.41, 5.74) is 5.79. The van der Waals surface area contributed by atoms with Crippen LogP contribution in [0.3, 0.4) is 0 Å². The number of hydrogen-bond acceptors (Lipinski definition) is 4. The fraction of sp³-hybridized carbons (Fsp3) is 0.600. The average molecular weight is 145 g/mol. The zero-order chi connectivity index (χ0) is 6.85. The van der Waals surface area contributed by atoms with Gasteiger partial charge in [0.2, 0.25) is 0 Å². The molecule has 1 heterocycles. The van der Waals surface area contributed by atoms with Gasteiger partial charge in [0.15, 0.2) is 0 Å². The van der Waals surface area contributed by atoms with Crippen LogP contribution in [0.15, 0.2) is 11.2 Å². The third-order valence-corrected chi connectivity index (χ3v) is 2.27. The van der Waals surface area contributed by atoms with Crippen LogP contribution in [0.2, 0.25) is 0 Å². The molecule has 3 nitrogen and oxygen atoms in total. The molecule has 1 aliphatic heterocycles. The van der Waals surface area contributed by atoms with Gasteiger partial charge in [-0.1, -0.05) is 11.8 Å². The first-order valence-corrected chi connectivity index (χ1v) is 3.68. The van der Waals surface area contributed by atoms with Crippen LogP contribution in [-0.4, -0.2) is 24.5 Å². The zero-order valence-corrected chi connectivity index (χ0v) is 6.40. The summed E-state index contributed by atoms with van der Waals surface area (Å²) in [5, 5.41) is 5.00. The van der Waals surface area contributed by atoms with Gasteiger partial charge in [0.05, 0.1) is 0 Å². The number of nitrogens with two attached hydrogens (primary N) is 1. The van der Waals surface area contributed by atoms with Crippen LogP contribution in [0.25, 0.3) is 0 Å². The molecule has 0 aromatic heterocycles. The summed E-state index contributed by atoms with van der Waals surface area (Å²) in [4.78, 5) is 2.07. The van der Waals surface area contributed by atoms with E-state index in [-0.39, 0.29) is 0 Å². The molecule has 0 saturated carbocycles. The van der Waals surface area contributed by atoms with Crippen LogP contribution in [0.1, 0.15) is 0 Å². The zero-order valence-electron chi connectivity index (χ0n) is 5.59. The van der Waals surface area contributed by atoms with Gasteiger partial charge >= 0.3 is 0 Å². The highest BCUT2D eigenvalue weighted by molar-refractivity contribution is 8.02. The Kier molecular flexibility index (Phi) is 1.87. The van der Waals surface area contributed by atoms with E-state index in [1.54, 1.807) is 11.8 Å². The summed E-state index contributed by atoms with van der Waals surface area (Å²) in [6.45, 7) is 0. The van der Waals surface area contributed by atoms with Crippen LogP contribution in [0.5, 0.6) is 0 Å². The van der Waals surface area contributed by atoms with Gasteiger partial charge in [0.25, 0.3) is 0 Å². The summed E-state index contributed by atoms with van der Waals surface area (Å²) in [6.07, 6.45) is 0. The molecule has 0 aromatic rings. The SMILES string of the molecule is CN(C)[C@H]1NC(N)=CS1. The summed E-state index contributed by atoms with van der Waals surface area (Å²) >= 11 is 1.69. The Morgan fingerprint density at radius 3 is 2.67 bits per heavy atom. The summed E-state index contributed by atoms with van der Waals surface area (Å²) < 4.78 is 0. The quantitative estimate of drug-likeness (QED) is 0.542. The molecule has 3 N–H and O–H groups in total. The maximum atomic E-state index is 5.47. The van der Waals surface area contributed by atoms with E-state index in [0.29, 0.717) is 5.50 Å². The molecule has 0 saturated heterocycles. The van der Waals surface area contributed by atoms with Crippen molar-refractivity contribution in [2.75, 3.05) is 14.1 Å². The molecule has 52 valence electrons. The summed E-state index contributed by atoms with van der Waals surface area (Å²) in [6, 6.07) is 0. The van der Waals surface area contributed by atoms with Crippen LogP contribution in [-0.2, 0) is 0 Å². The number of nitrogens with zero attached hydrogens (tertiary/aromatic N) is 1. The molecule has 4 heteroatoms. The molecule has 0 amide bonds. The minimum Gasteiger partial charge on any atom is -0.385 e. The second-order valence-corrected chi connectivity index (χ2v) is 3.12. The van der Waals surface area contributed by atoms with Crippen molar-refractivity contribution in [1.82, 2.24) is 10.2 Å². The topological polar surface area (TPSA) is 41.3 Å². The predicted molar refractivity (Wildman–Crippen MR) is 40.5 cm³/mol. The molecule has 1 rings (SSSR count). The number of thioether (sulfide) groups is 1. The van der Waals surface area contributed by atoms with Crippen LogP contribution >= 0.6 is 11.8 Å². The van der Waals surface area contributed by atoms with Gasteiger partial charge in [0.1, 0.15) is 11.3 Å². The fourth-order valence-electron chi connectivity index (χ4n) is 0.599. The normalized spacial score (nSPS) is 26.1. The number of nitrogens with one attached hydrogen (secondary N) is 1. The molecule has 0 unspecified atom stereocenters. The Balaban J connectivity index is 2.37. The molecule has 1 atom stereocenters. The van der Waals surface area contributed by atoms with Crippen molar-refractivity contribution in [2.45, 2.75) is 5.50 Å². The lowest BCUT2D eigenvalue weighted by atomic mass is 10.7. The first kappa shape index (κ1) is 6.77. The molecular weight excluding hydrogens is 134 g/mol. The minimum absolute atomic E-state index is 0.324. The van der Waals surface area contributed by atoms with Gasteiger partial charge in [-0.3, -0.25) is 4.90 Å². The van der Waals surface area contributed by atoms with E-state index in [9.17, 15) is 0 Å². The molecule has 0 bridgehead atoms. The highest BCUT2D eigenvalue weighted by atomic mass is 32.2. The lowest BCUT2D eigenvalue weighted by Gasteiger charge is -2.18. The second-order valence-electron chi connectivity index (χ2n) is 2.17. The smallest absolute Gasteiger partial charge is 0.132 e. The maximum absolute atomic E-state index is 5.47. The van der Waals surface area contributed by atoms with E-state index in [2.05, 4.69) is 10.2 Å². The van der Waals surface area contributed by atoms with Crippen molar-refractivity contribution in [2.24, 2.45) is 5.73 Å². The lowest BCUT2D eigenvalue weighted by Crippen LogP contribution is -2.36. The predicted octanol–water partition coefficient (Wildman–Crippen LogP) is -0.0744. The van der Waals surface area contributed by atoms with E-state index in [0.717, 1.165) is 5.82 Å². The molecular formula is C5H11N3S. The van der Waals surface area contributed by atoms with Crippen LogP contribution in [0, 0.1) is 0 Å². The van der Waals surface area contributed by atoms with Gasteiger partial charge in [-0.05, 0) is 14.1 Å². The van der Waals surface area contributed by atoms with Crippen molar-refractivity contribution >= 4 is 11.8 Å². The highest BCUT2D eigenvalue weighted by Crippen LogP contribution is 2.18. The van der Waals surface area contributed by atoms with Crippen molar-refractivity contribution in [3.05, 3.63) is 11.2 Å². The summed E-state index contributed by atoms with van der Waals surface area (Å²) in [7, 11) is 4.02. The number of hydrogen-bond donors (Lipinski definition) is 2. The van der Waals surface area contributed by atoms with Gasteiger partial charge in [0, 0.05) is 5.41 Å². The first-order valence-electron chi connectivity index (χ1n) is 2.74. The molecule has 0 aliphatic carbocycles. The van der Waals surface area contributed by atoms with E-state index in [1.807, 2.05) is 19.5 Å². The Hall–Kier alpha value is -0.350. The largest absolute Gasteiger partial charge is 0.385 e. The van der Waals surface area contributed by atoms with Crippen molar-refractivity contribution in [3.8, 4) is 0 Å². The molecule has 1 aliphatic rings. The third kappa shape index (κ3) is 1.53. The highest BCUT2D eigenvalue weighted by Gasteiger charge is 2.15. The third-order valence-electron chi connectivity index (χ3n) is 1.08. The second kappa shape index (κ2) is 2.49. The standard InChI is InChI=1S/C5H11N3S/c1-8(2)5-7-4(6)3-9-5/h3,5,7H,6H2,1-2H3/t5-/m1/s1. The average Bonchev–Trinajstić information content (AvgIpc) is 2.14. The Bertz CT molecular complexity index is 132. The number of rotatable bonds is 1. The maximum Gasteiger partial charge on any atom is 0.132 e. The van der Waals surface area contributed by atoms with E-state index >= 15 is 0 Å². The molecule has 0 spiro atoms. The Morgan fingerprint density at radius 2 is 2.44 bits per heavy atom. The van der Waals surface area contributed by atoms with Gasteiger partial charge < -0.3 is 11.1 Å². The van der Waals surface area contributed by atoms with Gasteiger partial charge in [-0.2, -0.15) is 0 Å². The monoisotopic (exact) mass is 145 g/mol. The van der Waals surface area contributed by atoms with Crippen molar-refractivity contribution < 1.29 is 0 Å². The van der Waals surface area contributed by atoms with Crippen LogP contribution in [0.4, 0.5) is 0 Å². The Morgan fingerprint density at radius 1 is 1.78 bits per heavy atom. The van der Waals surface area contributed by atoms with Crippen molar-refractivity contribution in [1.29, 1.82) is 0 Å². The molecule has 0 radical (unpaired) electrons. The molecule has 0 aromatic carbocycles. The van der Waals surface area contributed by atoms with E-state index in [1.165, 1.54) is 0 Å². The Labute approximate surface area is 59.3 Å². The molecule has 9 heavy (non-hydrogen) atoms. The van der Waals surface area contributed by atoms with Gasteiger partial charge in [-0.15, -0.1) is 0 Å². The summed E-state index contributed by atoms with van der Waals surface area (Å²) in [5.74, 6) is 0.763. The minimum atomic E-state index is 0.324. The molecule has 0 fully saturated rings. The first-order chi connectivity index (χ1) is 4.20. The van der Waals surface area contributed by atoms with Crippen LogP contribution < -0.4 is 11.1 Å². The van der Waals surface area contributed by atoms with Crippen molar-refractivity contribution in [3.63, 3.8) is 0 Å². The lowest BCUT2D eigenvalue weighted by molar-refractivity contribution is 0.357. The van der Waals surface area contributed by atoms with E-state index in [4.69, 9.17) is 5.73 Å². The fourth-order valence-corrected chi connectivity index (χ4v) is 1.39. The van der Waals surface area contributed by atoms with Gasteiger partial charge in [-0.25, -0.2) is 0 Å².